The minimum absolute atomic E-state index is 0. The molecule has 1 amide bonds. The Hall–Kier alpha value is -1.26. The van der Waals surface area contributed by atoms with Crippen molar-refractivity contribution in [1.29, 1.82) is 0 Å². The molecule has 0 radical (unpaired) electrons. The first-order chi connectivity index (χ1) is 8.81. The van der Waals surface area contributed by atoms with Crippen molar-refractivity contribution in [3.63, 3.8) is 0 Å². The molecule has 0 aliphatic rings. The van der Waals surface area contributed by atoms with Gasteiger partial charge in [-0.1, -0.05) is 12.1 Å². The summed E-state index contributed by atoms with van der Waals surface area (Å²) >= 11 is 0. The summed E-state index contributed by atoms with van der Waals surface area (Å²) in [7, 11) is 0. The maximum Gasteiger partial charge on any atom is 0.237 e. The van der Waals surface area contributed by atoms with E-state index in [1.54, 1.807) is 0 Å². The Bertz CT molecular complexity index is 413. The third kappa shape index (κ3) is 6.78. The molecule has 4 nitrogen and oxygen atoms in total. The summed E-state index contributed by atoms with van der Waals surface area (Å²) < 4.78 is 5.74. The van der Waals surface area contributed by atoms with E-state index >= 15 is 0 Å². The number of ether oxygens (including phenoxy) is 1. The molecule has 1 rings (SSSR count). The van der Waals surface area contributed by atoms with Gasteiger partial charge in [-0.15, -0.1) is 12.4 Å². The summed E-state index contributed by atoms with van der Waals surface area (Å²) in [6.45, 7) is 8.50. The van der Waals surface area contributed by atoms with Gasteiger partial charge in [0.05, 0.1) is 6.04 Å². The van der Waals surface area contributed by atoms with Gasteiger partial charge in [0, 0.05) is 6.54 Å². The molecule has 0 bridgehead atoms. The van der Waals surface area contributed by atoms with Crippen LogP contribution in [-0.2, 0) is 11.2 Å². The number of benzene rings is 1. The van der Waals surface area contributed by atoms with Gasteiger partial charge in [-0.2, -0.15) is 0 Å². The van der Waals surface area contributed by atoms with Gasteiger partial charge in [-0.05, 0) is 51.8 Å². The average Bonchev–Trinajstić information content (AvgIpc) is 2.30. The summed E-state index contributed by atoms with van der Waals surface area (Å²) in [5.41, 5.74) is 6.65. The van der Waals surface area contributed by atoms with E-state index in [1.165, 1.54) is 0 Å². The van der Waals surface area contributed by atoms with E-state index in [0.29, 0.717) is 13.0 Å². The van der Waals surface area contributed by atoms with Gasteiger partial charge < -0.3 is 15.8 Å². The van der Waals surface area contributed by atoms with Crippen LogP contribution in [0.15, 0.2) is 24.3 Å². The lowest BCUT2D eigenvalue weighted by atomic mass is 10.1. The van der Waals surface area contributed by atoms with Gasteiger partial charge in [-0.25, -0.2) is 0 Å². The molecule has 0 heterocycles. The van der Waals surface area contributed by atoms with Crippen LogP contribution in [0.1, 0.15) is 33.3 Å². The predicted octanol–water partition coefficient (Wildman–Crippen LogP) is 2.29. The van der Waals surface area contributed by atoms with Gasteiger partial charge >= 0.3 is 0 Å². The normalized spacial score (nSPS) is 12.2. The number of nitrogens with one attached hydrogen (secondary N) is 1. The first kappa shape index (κ1) is 18.7. The fourth-order valence-electron chi connectivity index (χ4n) is 1.70. The molecule has 20 heavy (non-hydrogen) atoms. The summed E-state index contributed by atoms with van der Waals surface area (Å²) in [6, 6.07) is 7.20. The molecule has 3 N–H and O–H groups in total. The van der Waals surface area contributed by atoms with Crippen LogP contribution in [0.3, 0.4) is 0 Å². The van der Waals surface area contributed by atoms with Crippen LogP contribution < -0.4 is 15.8 Å². The lowest BCUT2D eigenvalue weighted by molar-refractivity contribution is -0.122. The molecule has 1 aromatic rings. The van der Waals surface area contributed by atoms with Crippen LogP contribution in [0, 0.1) is 0 Å². The number of halogens is 1. The third-order valence-electron chi connectivity index (χ3n) is 2.49. The molecule has 0 unspecified atom stereocenters. The van der Waals surface area contributed by atoms with E-state index in [4.69, 9.17) is 10.5 Å². The Morgan fingerprint density at radius 2 is 1.85 bits per heavy atom. The predicted molar refractivity (Wildman–Crippen MR) is 84.4 cm³/mol. The number of carbonyl (C=O) groups is 1. The van der Waals surface area contributed by atoms with Crippen LogP contribution in [0.5, 0.6) is 5.75 Å². The molecule has 0 saturated carbocycles. The standard InChI is InChI=1S/C15H24N2O2.ClH/c1-5-17-14(18)13(16)10-11-6-8-12(9-7-11)19-15(2,3)4;/h6-9,13H,5,10,16H2,1-4H3,(H,17,18);1H/t13-;/m0./s1. The fourth-order valence-corrected chi connectivity index (χ4v) is 1.70. The summed E-state index contributed by atoms with van der Waals surface area (Å²) in [5.74, 6) is 0.709. The lowest BCUT2D eigenvalue weighted by Gasteiger charge is -2.21. The lowest BCUT2D eigenvalue weighted by Crippen LogP contribution is -2.41. The summed E-state index contributed by atoms with van der Waals surface area (Å²) in [4.78, 5) is 11.5. The van der Waals surface area contributed by atoms with Crippen LogP contribution in [0.4, 0.5) is 0 Å². The van der Waals surface area contributed by atoms with Crippen LogP contribution in [0.25, 0.3) is 0 Å². The average molecular weight is 301 g/mol. The van der Waals surface area contributed by atoms with Crippen molar-refractivity contribution in [2.75, 3.05) is 6.54 Å². The minimum Gasteiger partial charge on any atom is -0.488 e. The Labute approximate surface area is 127 Å². The molecule has 5 heteroatoms. The molecule has 1 atom stereocenters. The maximum absolute atomic E-state index is 11.5. The molecule has 1 aromatic carbocycles. The van der Waals surface area contributed by atoms with Crippen molar-refractivity contribution in [1.82, 2.24) is 5.32 Å². The van der Waals surface area contributed by atoms with Crippen molar-refractivity contribution in [3.8, 4) is 5.75 Å². The minimum atomic E-state index is -0.505. The van der Waals surface area contributed by atoms with Gasteiger partial charge in [-0.3, -0.25) is 4.79 Å². The van der Waals surface area contributed by atoms with Crippen LogP contribution in [-0.4, -0.2) is 24.1 Å². The molecule has 0 aliphatic heterocycles. The number of hydrogen-bond donors (Lipinski definition) is 2. The van der Waals surface area contributed by atoms with E-state index in [-0.39, 0.29) is 23.9 Å². The van der Waals surface area contributed by atoms with E-state index in [0.717, 1.165) is 11.3 Å². The van der Waals surface area contributed by atoms with Crippen molar-refractivity contribution in [2.45, 2.75) is 45.8 Å². The van der Waals surface area contributed by atoms with Crippen molar-refractivity contribution in [2.24, 2.45) is 5.73 Å². The molecular formula is C15H25ClN2O2. The van der Waals surface area contributed by atoms with E-state index in [9.17, 15) is 4.79 Å². The van der Waals surface area contributed by atoms with Crippen molar-refractivity contribution < 1.29 is 9.53 Å². The zero-order chi connectivity index (χ0) is 14.5. The highest BCUT2D eigenvalue weighted by Gasteiger charge is 2.14. The second-order valence-electron chi connectivity index (χ2n) is 5.56. The van der Waals surface area contributed by atoms with Gasteiger partial charge in [0.25, 0.3) is 0 Å². The van der Waals surface area contributed by atoms with Gasteiger partial charge in [0.2, 0.25) is 5.91 Å². The van der Waals surface area contributed by atoms with E-state index < -0.39 is 6.04 Å². The van der Waals surface area contributed by atoms with Crippen molar-refractivity contribution in [3.05, 3.63) is 29.8 Å². The molecule has 0 spiro atoms. The monoisotopic (exact) mass is 300 g/mol. The number of hydrogen-bond acceptors (Lipinski definition) is 3. The number of rotatable bonds is 5. The Kier molecular flexibility index (Phi) is 7.61. The Balaban J connectivity index is 0.00000361. The second kappa shape index (κ2) is 8.12. The summed E-state index contributed by atoms with van der Waals surface area (Å²) in [5, 5.41) is 2.72. The highest BCUT2D eigenvalue weighted by atomic mass is 35.5. The molecule has 114 valence electrons. The van der Waals surface area contributed by atoms with Crippen LogP contribution >= 0.6 is 12.4 Å². The number of carbonyl (C=O) groups excluding carboxylic acids is 1. The molecule has 0 fully saturated rings. The van der Waals surface area contributed by atoms with Gasteiger partial charge in [0.15, 0.2) is 0 Å². The SMILES string of the molecule is CCNC(=O)[C@@H](N)Cc1ccc(OC(C)(C)C)cc1.Cl. The Morgan fingerprint density at radius 1 is 1.30 bits per heavy atom. The van der Waals surface area contributed by atoms with E-state index in [1.807, 2.05) is 52.0 Å². The first-order valence-electron chi connectivity index (χ1n) is 6.63. The first-order valence-corrected chi connectivity index (χ1v) is 6.63. The molecule has 0 saturated heterocycles. The second-order valence-corrected chi connectivity index (χ2v) is 5.56. The number of nitrogens with two attached hydrogens (primary N) is 1. The number of likely N-dealkylation sites (N-methyl/N-ethyl adjacent to an activating group) is 1. The van der Waals surface area contributed by atoms with Crippen molar-refractivity contribution >= 4 is 18.3 Å². The topological polar surface area (TPSA) is 64.4 Å². The summed E-state index contributed by atoms with van der Waals surface area (Å²) in [6.07, 6.45) is 0.529. The maximum atomic E-state index is 11.5. The zero-order valence-corrected chi connectivity index (χ0v) is 13.4. The third-order valence-corrected chi connectivity index (χ3v) is 2.49. The fraction of sp³-hybridized carbons (Fsp3) is 0.533. The zero-order valence-electron chi connectivity index (χ0n) is 12.6. The number of amides is 1. The highest BCUT2D eigenvalue weighted by molar-refractivity contribution is 5.85. The van der Waals surface area contributed by atoms with Crippen LogP contribution in [0.2, 0.25) is 0 Å². The largest absolute Gasteiger partial charge is 0.488 e. The van der Waals surface area contributed by atoms with Gasteiger partial charge in [0.1, 0.15) is 11.4 Å². The van der Waals surface area contributed by atoms with E-state index in [2.05, 4.69) is 5.32 Å². The Morgan fingerprint density at radius 3 is 2.30 bits per heavy atom. The quantitative estimate of drug-likeness (QED) is 0.877. The smallest absolute Gasteiger partial charge is 0.237 e. The molecule has 0 aromatic heterocycles. The highest BCUT2D eigenvalue weighted by Crippen LogP contribution is 2.18. The molecule has 0 aliphatic carbocycles. The molecular weight excluding hydrogens is 276 g/mol.